The van der Waals surface area contributed by atoms with E-state index in [1.165, 1.54) is 0 Å². The van der Waals surface area contributed by atoms with E-state index in [4.69, 9.17) is 34.8 Å². The zero-order chi connectivity index (χ0) is 14.0. The van der Waals surface area contributed by atoms with Crippen LogP contribution in [0.25, 0.3) is 0 Å². The van der Waals surface area contributed by atoms with Crippen molar-refractivity contribution in [2.24, 2.45) is 0 Å². The minimum Gasteiger partial charge on any atom is -0.294 e. The summed E-state index contributed by atoms with van der Waals surface area (Å²) in [7, 11) is 0. The predicted octanol–water partition coefficient (Wildman–Crippen LogP) is 5.83. The first-order valence-electron chi connectivity index (χ1n) is 5.39. The SMILES string of the molecule is O=C(Cc1cc(Cl)ccc1Cl)c1ccc(Cl)cc1Br. The molecule has 0 aromatic heterocycles. The lowest BCUT2D eigenvalue weighted by molar-refractivity contribution is 0.0992. The Hall–Kier alpha value is -0.540. The maximum Gasteiger partial charge on any atom is 0.168 e. The Balaban J connectivity index is 2.28. The number of hydrogen-bond donors (Lipinski definition) is 0. The highest BCUT2D eigenvalue weighted by atomic mass is 79.9. The van der Waals surface area contributed by atoms with Crippen LogP contribution in [-0.2, 0) is 6.42 Å². The zero-order valence-electron chi connectivity index (χ0n) is 9.59. The quantitative estimate of drug-likeness (QED) is 0.614. The van der Waals surface area contributed by atoms with Gasteiger partial charge in [-0.1, -0.05) is 34.8 Å². The molecule has 98 valence electrons. The summed E-state index contributed by atoms with van der Waals surface area (Å²) in [4.78, 5) is 12.2. The Kier molecular flexibility index (Phi) is 4.91. The van der Waals surface area contributed by atoms with Crippen LogP contribution >= 0.6 is 50.7 Å². The fraction of sp³-hybridized carbons (Fsp3) is 0.0714. The molecule has 0 heterocycles. The van der Waals surface area contributed by atoms with Gasteiger partial charge in [0.2, 0.25) is 0 Å². The summed E-state index contributed by atoms with van der Waals surface area (Å²) in [5.74, 6) is -0.0484. The van der Waals surface area contributed by atoms with Crippen LogP contribution in [0.5, 0.6) is 0 Å². The molecule has 1 nitrogen and oxygen atoms in total. The summed E-state index contributed by atoms with van der Waals surface area (Å²) < 4.78 is 0.670. The summed E-state index contributed by atoms with van der Waals surface area (Å²) in [6.45, 7) is 0. The molecule has 2 aromatic rings. The van der Waals surface area contributed by atoms with Gasteiger partial charge in [0.05, 0.1) is 0 Å². The second-order valence-electron chi connectivity index (χ2n) is 3.96. The van der Waals surface area contributed by atoms with Crippen molar-refractivity contribution in [1.82, 2.24) is 0 Å². The topological polar surface area (TPSA) is 17.1 Å². The number of halogens is 4. The molecule has 0 aliphatic carbocycles. The molecule has 0 radical (unpaired) electrons. The molecule has 0 N–H and O–H groups in total. The van der Waals surface area contributed by atoms with Gasteiger partial charge in [-0.2, -0.15) is 0 Å². The first kappa shape index (κ1) is 14.9. The van der Waals surface area contributed by atoms with E-state index >= 15 is 0 Å². The van der Waals surface area contributed by atoms with Crippen LogP contribution in [0, 0.1) is 0 Å². The molecule has 0 aliphatic rings. The summed E-state index contributed by atoms with van der Waals surface area (Å²) in [5, 5.41) is 1.66. The average molecular weight is 378 g/mol. The smallest absolute Gasteiger partial charge is 0.168 e. The Morgan fingerprint density at radius 1 is 1.00 bits per heavy atom. The third kappa shape index (κ3) is 3.73. The van der Waals surface area contributed by atoms with E-state index in [2.05, 4.69) is 15.9 Å². The van der Waals surface area contributed by atoms with Gasteiger partial charge in [0.15, 0.2) is 5.78 Å². The Morgan fingerprint density at radius 2 is 1.63 bits per heavy atom. The molecule has 0 unspecified atom stereocenters. The van der Waals surface area contributed by atoms with Gasteiger partial charge in [0.1, 0.15) is 0 Å². The first-order chi connectivity index (χ1) is 8.97. The monoisotopic (exact) mass is 376 g/mol. The van der Waals surface area contributed by atoms with Crippen molar-refractivity contribution in [3.8, 4) is 0 Å². The number of rotatable bonds is 3. The number of ketones is 1. The van der Waals surface area contributed by atoms with Gasteiger partial charge >= 0.3 is 0 Å². The predicted molar refractivity (Wildman–Crippen MR) is 83.6 cm³/mol. The van der Waals surface area contributed by atoms with Crippen LogP contribution in [-0.4, -0.2) is 5.78 Å². The van der Waals surface area contributed by atoms with Gasteiger partial charge in [-0.15, -0.1) is 0 Å². The van der Waals surface area contributed by atoms with Gasteiger partial charge in [-0.25, -0.2) is 0 Å². The fourth-order valence-electron chi connectivity index (χ4n) is 1.66. The minimum atomic E-state index is -0.0484. The molecule has 0 fully saturated rings. The zero-order valence-corrected chi connectivity index (χ0v) is 13.4. The summed E-state index contributed by atoms with van der Waals surface area (Å²) in [6, 6.07) is 10.1. The molecule has 2 aromatic carbocycles. The first-order valence-corrected chi connectivity index (χ1v) is 7.32. The summed E-state index contributed by atoms with van der Waals surface area (Å²) in [6.07, 6.45) is 0.194. The van der Waals surface area contributed by atoms with Gasteiger partial charge in [-0.3, -0.25) is 4.79 Å². The van der Waals surface area contributed by atoms with Crippen molar-refractivity contribution < 1.29 is 4.79 Å². The molecule has 0 amide bonds. The molecule has 2 rings (SSSR count). The molecular weight excluding hydrogens is 370 g/mol. The normalized spacial score (nSPS) is 10.5. The number of Topliss-reactive ketones (excluding diaryl/α,β-unsaturated/α-hetero) is 1. The van der Waals surface area contributed by atoms with E-state index in [0.29, 0.717) is 30.7 Å². The van der Waals surface area contributed by atoms with Gasteiger partial charge in [0, 0.05) is 31.5 Å². The van der Waals surface area contributed by atoms with Gasteiger partial charge in [0.25, 0.3) is 0 Å². The Bertz CT molecular complexity index is 641. The number of carbonyl (C=O) groups is 1. The van der Waals surface area contributed by atoms with E-state index in [0.717, 1.165) is 0 Å². The number of hydrogen-bond acceptors (Lipinski definition) is 1. The molecule has 0 saturated carbocycles. The van der Waals surface area contributed by atoms with Crippen LogP contribution in [0.1, 0.15) is 15.9 Å². The molecule has 0 saturated heterocycles. The lowest BCUT2D eigenvalue weighted by atomic mass is 10.0. The average Bonchev–Trinajstić information content (AvgIpc) is 2.33. The van der Waals surface area contributed by atoms with Gasteiger partial charge in [-0.05, 0) is 57.9 Å². The standard InChI is InChI=1S/C14H8BrCl3O/c15-12-7-10(17)1-3-11(12)14(19)6-8-5-9(16)2-4-13(8)18/h1-5,7H,6H2. The van der Waals surface area contributed by atoms with Crippen LogP contribution < -0.4 is 0 Å². The van der Waals surface area contributed by atoms with Crippen molar-refractivity contribution in [3.63, 3.8) is 0 Å². The fourth-order valence-corrected chi connectivity index (χ4v) is 2.95. The molecule has 0 bridgehead atoms. The Labute approximate surface area is 134 Å². The molecule has 0 spiro atoms. The van der Waals surface area contributed by atoms with Crippen LogP contribution in [0.4, 0.5) is 0 Å². The van der Waals surface area contributed by atoms with E-state index < -0.39 is 0 Å². The summed E-state index contributed by atoms with van der Waals surface area (Å²) >= 11 is 21.1. The van der Waals surface area contributed by atoms with E-state index in [-0.39, 0.29) is 12.2 Å². The third-order valence-corrected chi connectivity index (χ3v) is 4.09. The highest BCUT2D eigenvalue weighted by Crippen LogP contribution is 2.26. The van der Waals surface area contributed by atoms with Crippen molar-refractivity contribution in [1.29, 1.82) is 0 Å². The van der Waals surface area contributed by atoms with Crippen LogP contribution in [0.15, 0.2) is 40.9 Å². The molecule has 0 aliphatic heterocycles. The molecular formula is C14H8BrCl3O. The number of benzene rings is 2. The minimum absolute atomic E-state index is 0.0484. The third-order valence-electron chi connectivity index (χ3n) is 2.59. The van der Waals surface area contributed by atoms with Crippen LogP contribution in [0.3, 0.4) is 0 Å². The van der Waals surface area contributed by atoms with Gasteiger partial charge < -0.3 is 0 Å². The second kappa shape index (κ2) is 6.27. The van der Waals surface area contributed by atoms with Crippen molar-refractivity contribution in [2.75, 3.05) is 0 Å². The van der Waals surface area contributed by atoms with E-state index in [1.54, 1.807) is 36.4 Å². The highest BCUT2D eigenvalue weighted by Gasteiger charge is 2.13. The molecule has 5 heteroatoms. The lowest BCUT2D eigenvalue weighted by Gasteiger charge is -2.06. The van der Waals surface area contributed by atoms with Crippen molar-refractivity contribution >= 4 is 56.5 Å². The number of carbonyl (C=O) groups excluding carboxylic acids is 1. The largest absolute Gasteiger partial charge is 0.294 e. The van der Waals surface area contributed by atoms with E-state index in [1.807, 2.05) is 0 Å². The maximum absolute atomic E-state index is 12.2. The van der Waals surface area contributed by atoms with Crippen LogP contribution in [0.2, 0.25) is 15.1 Å². The summed E-state index contributed by atoms with van der Waals surface area (Å²) in [5.41, 5.74) is 1.28. The highest BCUT2D eigenvalue weighted by molar-refractivity contribution is 9.10. The Morgan fingerprint density at radius 3 is 2.32 bits per heavy atom. The maximum atomic E-state index is 12.2. The van der Waals surface area contributed by atoms with E-state index in [9.17, 15) is 4.79 Å². The molecule has 19 heavy (non-hydrogen) atoms. The van der Waals surface area contributed by atoms with Crippen molar-refractivity contribution in [3.05, 3.63) is 67.1 Å². The lowest BCUT2D eigenvalue weighted by Crippen LogP contribution is -2.05. The molecule has 0 atom stereocenters. The van der Waals surface area contributed by atoms with Crippen molar-refractivity contribution in [2.45, 2.75) is 6.42 Å². The second-order valence-corrected chi connectivity index (χ2v) is 6.09.